The molecule has 108 valence electrons. The van der Waals surface area contributed by atoms with E-state index in [2.05, 4.69) is 5.32 Å². The number of aryl methyl sites for hydroxylation is 1. The highest BCUT2D eigenvalue weighted by Crippen LogP contribution is 2.33. The predicted molar refractivity (Wildman–Crippen MR) is 83.8 cm³/mol. The summed E-state index contributed by atoms with van der Waals surface area (Å²) < 4.78 is 28.1. The van der Waals surface area contributed by atoms with Gasteiger partial charge >= 0.3 is 0 Å². The molecule has 1 atom stereocenters. The highest BCUT2D eigenvalue weighted by Gasteiger charge is 2.16. The molecule has 3 aromatic rings. The van der Waals surface area contributed by atoms with Crippen LogP contribution in [-0.2, 0) is 0 Å². The molecule has 1 heterocycles. The van der Waals surface area contributed by atoms with Crippen LogP contribution >= 0.6 is 11.3 Å². The molecule has 0 aliphatic rings. The van der Waals surface area contributed by atoms with Gasteiger partial charge in [0, 0.05) is 9.58 Å². The Morgan fingerprint density at radius 3 is 2.57 bits per heavy atom. The van der Waals surface area contributed by atoms with Crippen LogP contribution in [0, 0.1) is 18.6 Å². The van der Waals surface area contributed by atoms with Gasteiger partial charge in [-0.1, -0.05) is 12.1 Å². The minimum absolute atomic E-state index is 0.0967. The maximum Gasteiger partial charge on any atom is 0.126 e. The Morgan fingerprint density at radius 1 is 1.05 bits per heavy atom. The van der Waals surface area contributed by atoms with E-state index in [0.29, 0.717) is 5.56 Å². The molecule has 4 heteroatoms. The molecular weight excluding hydrogens is 288 g/mol. The molecule has 0 saturated heterocycles. The van der Waals surface area contributed by atoms with Crippen molar-refractivity contribution in [1.82, 2.24) is 5.32 Å². The van der Waals surface area contributed by atoms with Gasteiger partial charge in [0.15, 0.2) is 0 Å². The maximum absolute atomic E-state index is 13.8. The summed E-state index contributed by atoms with van der Waals surface area (Å²) in [7, 11) is 1.84. The third-order valence-corrected chi connectivity index (χ3v) is 4.78. The average Bonchev–Trinajstić information content (AvgIpc) is 2.86. The van der Waals surface area contributed by atoms with Gasteiger partial charge in [0.05, 0.1) is 6.04 Å². The monoisotopic (exact) mass is 303 g/mol. The standard InChI is InChI=1S/C17H15F2NS/c1-10-3-4-11(8-14(10)19)17(20-2)16-9-12-7-13(18)5-6-15(12)21-16/h3-9,17,20H,1-2H3. The molecule has 0 radical (unpaired) electrons. The van der Waals surface area contributed by atoms with Crippen molar-refractivity contribution in [2.24, 2.45) is 0 Å². The predicted octanol–water partition coefficient (Wildman–Crippen LogP) is 4.80. The lowest BCUT2D eigenvalue weighted by Crippen LogP contribution is -2.16. The van der Waals surface area contributed by atoms with Crippen LogP contribution in [0.25, 0.3) is 10.1 Å². The van der Waals surface area contributed by atoms with Crippen molar-refractivity contribution in [2.75, 3.05) is 7.05 Å². The van der Waals surface area contributed by atoms with Crippen LogP contribution in [0.4, 0.5) is 8.78 Å². The smallest absolute Gasteiger partial charge is 0.126 e. The summed E-state index contributed by atoms with van der Waals surface area (Å²) in [4.78, 5) is 1.04. The first kappa shape index (κ1) is 14.2. The first-order valence-electron chi connectivity index (χ1n) is 6.71. The molecule has 3 rings (SSSR count). The Balaban J connectivity index is 2.06. The van der Waals surface area contributed by atoms with E-state index in [1.54, 1.807) is 36.5 Å². The fourth-order valence-corrected chi connectivity index (χ4v) is 3.62. The second-order valence-corrected chi connectivity index (χ2v) is 6.18. The van der Waals surface area contributed by atoms with Gasteiger partial charge in [-0.05, 0) is 60.8 Å². The zero-order valence-corrected chi connectivity index (χ0v) is 12.6. The van der Waals surface area contributed by atoms with E-state index in [4.69, 9.17) is 0 Å². The molecule has 21 heavy (non-hydrogen) atoms. The van der Waals surface area contributed by atoms with Crippen LogP contribution in [0.1, 0.15) is 22.0 Å². The molecule has 0 fully saturated rings. The quantitative estimate of drug-likeness (QED) is 0.733. The minimum Gasteiger partial charge on any atom is -0.309 e. The van der Waals surface area contributed by atoms with Crippen LogP contribution in [-0.4, -0.2) is 7.05 Å². The van der Waals surface area contributed by atoms with Crippen LogP contribution in [0.5, 0.6) is 0 Å². The largest absolute Gasteiger partial charge is 0.309 e. The Hall–Kier alpha value is -1.78. The summed E-state index contributed by atoms with van der Waals surface area (Å²) in [5.74, 6) is -0.450. The van der Waals surface area contributed by atoms with Gasteiger partial charge in [0.2, 0.25) is 0 Å². The normalized spacial score (nSPS) is 12.8. The lowest BCUT2D eigenvalue weighted by molar-refractivity contribution is 0.609. The van der Waals surface area contributed by atoms with Gasteiger partial charge in [0.1, 0.15) is 11.6 Å². The molecule has 0 bridgehead atoms. The summed E-state index contributed by atoms with van der Waals surface area (Å²) >= 11 is 1.59. The summed E-state index contributed by atoms with van der Waals surface area (Å²) in [5, 5.41) is 4.08. The first-order chi connectivity index (χ1) is 10.1. The molecule has 1 aromatic heterocycles. The highest BCUT2D eigenvalue weighted by atomic mass is 32.1. The average molecular weight is 303 g/mol. The Labute approximate surface area is 126 Å². The zero-order valence-electron chi connectivity index (χ0n) is 11.8. The molecule has 0 spiro atoms. The number of halogens is 2. The molecule has 0 aliphatic heterocycles. The molecule has 2 aromatic carbocycles. The topological polar surface area (TPSA) is 12.0 Å². The van der Waals surface area contributed by atoms with E-state index < -0.39 is 0 Å². The van der Waals surface area contributed by atoms with Crippen molar-refractivity contribution in [2.45, 2.75) is 13.0 Å². The summed E-state index contributed by atoms with van der Waals surface area (Å²) in [5.41, 5.74) is 1.50. The lowest BCUT2D eigenvalue weighted by atomic mass is 10.0. The second kappa shape index (κ2) is 5.54. The van der Waals surface area contributed by atoms with Crippen LogP contribution in [0.3, 0.4) is 0 Å². The summed E-state index contributed by atoms with van der Waals surface area (Å²) in [6.45, 7) is 1.75. The van der Waals surface area contributed by atoms with Crippen molar-refractivity contribution in [3.05, 3.63) is 70.1 Å². The van der Waals surface area contributed by atoms with Gasteiger partial charge in [-0.2, -0.15) is 0 Å². The van der Waals surface area contributed by atoms with Gasteiger partial charge < -0.3 is 5.32 Å². The molecular formula is C17H15F2NS. The summed E-state index contributed by atoms with van der Waals surface area (Å²) in [6, 6.07) is 11.9. The van der Waals surface area contributed by atoms with E-state index in [-0.39, 0.29) is 17.7 Å². The van der Waals surface area contributed by atoms with Gasteiger partial charge in [-0.3, -0.25) is 0 Å². The Kier molecular flexibility index (Phi) is 3.74. The van der Waals surface area contributed by atoms with Crippen molar-refractivity contribution < 1.29 is 8.78 Å². The number of fused-ring (bicyclic) bond motifs is 1. The van der Waals surface area contributed by atoms with Crippen LogP contribution in [0.2, 0.25) is 0 Å². The van der Waals surface area contributed by atoms with E-state index in [1.807, 2.05) is 19.2 Å². The number of rotatable bonds is 3. The number of nitrogens with one attached hydrogen (secondary N) is 1. The fourth-order valence-electron chi connectivity index (χ4n) is 2.44. The lowest BCUT2D eigenvalue weighted by Gasteiger charge is -2.15. The van der Waals surface area contributed by atoms with Gasteiger partial charge in [-0.25, -0.2) is 8.78 Å². The minimum atomic E-state index is -0.241. The third kappa shape index (κ3) is 2.69. The number of benzene rings is 2. The molecule has 0 amide bonds. The fraction of sp³-hybridized carbons (Fsp3) is 0.176. The van der Waals surface area contributed by atoms with Crippen LogP contribution in [0.15, 0.2) is 42.5 Å². The molecule has 1 N–H and O–H groups in total. The molecule has 0 saturated carbocycles. The summed E-state index contributed by atoms with van der Waals surface area (Å²) in [6.07, 6.45) is 0. The number of hydrogen-bond donors (Lipinski definition) is 1. The Bertz CT molecular complexity index is 795. The van der Waals surface area contributed by atoms with E-state index in [1.165, 1.54) is 12.1 Å². The number of thiophene rings is 1. The van der Waals surface area contributed by atoms with Gasteiger partial charge in [-0.15, -0.1) is 11.3 Å². The molecule has 1 unspecified atom stereocenters. The zero-order chi connectivity index (χ0) is 15.0. The first-order valence-corrected chi connectivity index (χ1v) is 7.52. The molecule has 1 nitrogen and oxygen atoms in total. The van der Waals surface area contributed by atoms with Crippen molar-refractivity contribution in [3.63, 3.8) is 0 Å². The highest BCUT2D eigenvalue weighted by molar-refractivity contribution is 7.19. The van der Waals surface area contributed by atoms with E-state index in [0.717, 1.165) is 20.5 Å². The van der Waals surface area contributed by atoms with E-state index in [9.17, 15) is 8.78 Å². The second-order valence-electron chi connectivity index (χ2n) is 5.06. The maximum atomic E-state index is 13.8. The Morgan fingerprint density at radius 2 is 1.86 bits per heavy atom. The van der Waals surface area contributed by atoms with Crippen LogP contribution < -0.4 is 5.32 Å². The third-order valence-electron chi connectivity index (χ3n) is 3.60. The molecule has 0 aliphatic carbocycles. The van der Waals surface area contributed by atoms with Crippen molar-refractivity contribution in [3.8, 4) is 0 Å². The van der Waals surface area contributed by atoms with Crippen molar-refractivity contribution in [1.29, 1.82) is 0 Å². The number of hydrogen-bond acceptors (Lipinski definition) is 2. The SMILES string of the molecule is CNC(c1ccc(C)c(F)c1)c1cc2cc(F)ccc2s1. The van der Waals surface area contributed by atoms with E-state index >= 15 is 0 Å². The van der Waals surface area contributed by atoms with Crippen molar-refractivity contribution >= 4 is 21.4 Å². The van der Waals surface area contributed by atoms with Gasteiger partial charge in [0.25, 0.3) is 0 Å².